The van der Waals surface area contributed by atoms with Crippen molar-refractivity contribution in [2.45, 2.75) is 0 Å². The van der Waals surface area contributed by atoms with E-state index in [0.717, 1.165) is 0 Å². The van der Waals surface area contributed by atoms with E-state index >= 15 is 0 Å². The Labute approximate surface area is 124 Å². The normalized spacial score (nSPS) is 10.2. The molecule has 2 aromatic carbocycles. The van der Waals surface area contributed by atoms with Gasteiger partial charge in [-0.1, -0.05) is 15.9 Å². The molecule has 0 fully saturated rings. The van der Waals surface area contributed by atoms with E-state index < -0.39 is 5.82 Å². The molecule has 4 nitrogen and oxygen atoms in total. The summed E-state index contributed by atoms with van der Waals surface area (Å²) in [5, 5.41) is 7.52. The Balaban J connectivity index is 2.45. The van der Waals surface area contributed by atoms with Gasteiger partial charge in [-0.05, 0) is 30.3 Å². The monoisotopic (exact) mass is 338 g/mol. The van der Waals surface area contributed by atoms with Crippen LogP contribution < -0.4 is 15.2 Å². The van der Waals surface area contributed by atoms with Crippen LogP contribution in [0.3, 0.4) is 0 Å². The van der Waals surface area contributed by atoms with Gasteiger partial charge < -0.3 is 15.2 Å². The van der Waals surface area contributed by atoms with Crippen LogP contribution in [0.1, 0.15) is 5.56 Å². The number of nitrogen functional groups attached to an aromatic ring is 1. The van der Waals surface area contributed by atoms with Crippen molar-refractivity contribution in [2.24, 2.45) is 5.73 Å². The van der Waals surface area contributed by atoms with E-state index in [1.165, 1.54) is 19.2 Å². The molecule has 0 unspecified atom stereocenters. The van der Waals surface area contributed by atoms with Gasteiger partial charge in [-0.2, -0.15) is 0 Å². The Morgan fingerprint density at radius 1 is 1.20 bits per heavy atom. The van der Waals surface area contributed by atoms with Crippen LogP contribution in [0.15, 0.2) is 40.9 Å². The van der Waals surface area contributed by atoms with Crippen LogP contribution in [-0.4, -0.2) is 12.9 Å². The summed E-state index contributed by atoms with van der Waals surface area (Å²) >= 11 is 3.25. The Morgan fingerprint density at radius 3 is 2.60 bits per heavy atom. The molecule has 0 aliphatic carbocycles. The Bertz CT molecular complexity index is 662. The summed E-state index contributed by atoms with van der Waals surface area (Å²) in [6.45, 7) is 0. The zero-order chi connectivity index (χ0) is 14.7. The number of rotatable bonds is 4. The van der Waals surface area contributed by atoms with Gasteiger partial charge in [0.05, 0.1) is 12.7 Å². The van der Waals surface area contributed by atoms with Crippen molar-refractivity contribution >= 4 is 21.8 Å². The quantitative estimate of drug-likeness (QED) is 0.660. The Kier molecular flexibility index (Phi) is 4.24. The van der Waals surface area contributed by atoms with E-state index in [9.17, 15) is 4.39 Å². The van der Waals surface area contributed by atoms with Gasteiger partial charge in [0.15, 0.2) is 11.6 Å². The smallest absolute Gasteiger partial charge is 0.165 e. The number of hydrogen-bond donors (Lipinski definition) is 2. The molecule has 0 atom stereocenters. The molecule has 0 saturated carbocycles. The van der Waals surface area contributed by atoms with Gasteiger partial charge in [0, 0.05) is 10.5 Å². The van der Waals surface area contributed by atoms with Crippen molar-refractivity contribution in [3.63, 3.8) is 0 Å². The molecule has 0 amide bonds. The molecule has 3 N–H and O–H groups in total. The van der Waals surface area contributed by atoms with E-state index in [0.29, 0.717) is 15.8 Å². The first-order chi connectivity index (χ1) is 9.51. The average Bonchev–Trinajstić information content (AvgIpc) is 2.42. The lowest BCUT2D eigenvalue weighted by molar-refractivity contribution is 0.405. The molecule has 0 bridgehead atoms. The van der Waals surface area contributed by atoms with Crippen molar-refractivity contribution in [3.05, 3.63) is 52.3 Å². The fourth-order valence-corrected chi connectivity index (χ4v) is 1.95. The number of halogens is 2. The largest absolute Gasteiger partial charge is 0.497 e. The minimum absolute atomic E-state index is 0.0372. The number of amidine groups is 1. The van der Waals surface area contributed by atoms with E-state index in [-0.39, 0.29) is 17.3 Å². The summed E-state index contributed by atoms with van der Waals surface area (Å²) in [4.78, 5) is 0. The topological polar surface area (TPSA) is 68.3 Å². The molecule has 0 aliphatic heterocycles. The lowest BCUT2D eigenvalue weighted by Gasteiger charge is -2.12. The SMILES string of the molecule is COc1ccc(C(=N)N)c(Oc2cc(Br)ccc2F)c1. The molecule has 104 valence electrons. The first-order valence-electron chi connectivity index (χ1n) is 5.66. The predicted octanol–water partition coefficient (Wildman–Crippen LogP) is 3.67. The van der Waals surface area contributed by atoms with Crippen LogP contribution >= 0.6 is 15.9 Å². The van der Waals surface area contributed by atoms with Gasteiger partial charge in [0.2, 0.25) is 0 Å². The zero-order valence-electron chi connectivity index (χ0n) is 10.6. The first-order valence-corrected chi connectivity index (χ1v) is 6.46. The summed E-state index contributed by atoms with van der Waals surface area (Å²) in [7, 11) is 1.51. The van der Waals surface area contributed by atoms with Gasteiger partial charge in [-0.3, -0.25) is 5.41 Å². The second-order valence-corrected chi connectivity index (χ2v) is 4.87. The second-order valence-electron chi connectivity index (χ2n) is 3.95. The van der Waals surface area contributed by atoms with Gasteiger partial charge in [0.25, 0.3) is 0 Å². The van der Waals surface area contributed by atoms with E-state index in [1.54, 1.807) is 24.3 Å². The third kappa shape index (κ3) is 3.08. The second kappa shape index (κ2) is 5.92. The Hall–Kier alpha value is -2.08. The molecule has 0 radical (unpaired) electrons. The van der Waals surface area contributed by atoms with Crippen LogP contribution in [0.4, 0.5) is 4.39 Å². The maximum absolute atomic E-state index is 13.7. The minimum atomic E-state index is -0.509. The predicted molar refractivity (Wildman–Crippen MR) is 78.2 cm³/mol. The number of nitrogens with one attached hydrogen (secondary N) is 1. The minimum Gasteiger partial charge on any atom is -0.497 e. The van der Waals surface area contributed by atoms with Gasteiger partial charge >= 0.3 is 0 Å². The molecule has 0 spiro atoms. The van der Waals surface area contributed by atoms with E-state index in [1.807, 2.05) is 0 Å². The van der Waals surface area contributed by atoms with Crippen molar-refractivity contribution in [2.75, 3.05) is 7.11 Å². The highest BCUT2D eigenvalue weighted by Crippen LogP contribution is 2.32. The van der Waals surface area contributed by atoms with E-state index in [2.05, 4.69) is 15.9 Å². The summed E-state index contributed by atoms with van der Waals surface area (Å²) < 4.78 is 25.0. The Morgan fingerprint density at radius 2 is 1.95 bits per heavy atom. The number of methoxy groups -OCH3 is 1. The van der Waals surface area contributed by atoms with Crippen LogP contribution in [0.25, 0.3) is 0 Å². The summed E-state index contributed by atoms with van der Waals surface area (Å²) in [6.07, 6.45) is 0. The molecular weight excluding hydrogens is 327 g/mol. The molecule has 0 aromatic heterocycles. The molecule has 0 heterocycles. The highest BCUT2D eigenvalue weighted by atomic mass is 79.9. The fourth-order valence-electron chi connectivity index (χ4n) is 1.61. The average molecular weight is 339 g/mol. The van der Waals surface area contributed by atoms with Crippen LogP contribution in [0.5, 0.6) is 17.2 Å². The van der Waals surface area contributed by atoms with Crippen LogP contribution in [0.2, 0.25) is 0 Å². The van der Waals surface area contributed by atoms with Crippen LogP contribution in [0, 0.1) is 11.2 Å². The van der Waals surface area contributed by atoms with Crippen molar-refractivity contribution in [1.29, 1.82) is 5.41 Å². The maximum atomic E-state index is 13.7. The highest BCUT2D eigenvalue weighted by molar-refractivity contribution is 9.10. The fraction of sp³-hybridized carbons (Fsp3) is 0.0714. The molecule has 2 rings (SSSR count). The number of benzene rings is 2. The van der Waals surface area contributed by atoms with Crippen molar-refractivity contribution in [3.8, 4) is 17.2 Å². The third-order valence-electron chi connectivity index (χ3n) is 2.59. The molecule has 0 saturated heterocycles. The van der Waals surface area contributed by atoms with Gasteiger partial charge in [-0.25, -0.2) is 4.39 Å². The lowest BCUT2D eigenvalue weighted by Crippen LogP contribution is -2.12. The summed E-state index contributed by atoms with van der Waals surface area (Å²) in [6, 6.07) is 9.15. The van der Waals surface area contributed by atoms with Crippen molar-refractivity contribution in [1.82, 2.24) is 0 Å². The number of nitrogens with two attached hydrogens (primary N) is 1. The number of ether oxygens (including phenoxy) is 2. The zero-order valence-corrected chi connectivity index (χ0v) is 12.2. The highest BCUT2D eigenvalue weighted by Gasteiger charge is 2.12. The molecular formula is C14H12BrFN2O2. The van der Waals surface area contributed by atoms with E-state index in [4.69, 9.17) is 20.6 Å². The first kappa shape index (κ1) is 14.3. The maximum Gasteiger partial charge on any atom is 0.165 e. The molecule has 6 heteroatoms. The molecule has 0 aliphatic rings. The van der Waals surface area contributed by atoms with Crippen LogP contribution in [-0.2, 0) is 0 Å². The standard InChI is InChI=1S/C14H12BrFN2O2/c1-19-9-3-4-10(14(17)18)12(7-9)20-13-6-8(15)2-5-11(13)16/h2-7H,1H3,(H3,17,18). The molecule has 20 heavy (non-hydrogen) atoms. The van der Waals surface area contributed by atoms with Gasteiger partial charge in [0.1, 0.15) is 17.3 Å². The van der Waals surface area contributed by atoms with Crippen molar-refractivity contribution < 1.29 is 13.9 Å². The lowest BCUT2D eigenvalue weighted by atomic mass is 10.1. The number of hydrogen-bond acceptors (Lipinski definition) is 3. The third-order valence-corrected chi connectivity index (χ3v) is 3.09. The molecule has 2 aromatic rings. The van der Waals surface area contributed by atoms with Gasteiger partial charge in [-0.15, -0.1) is 0 Å². The summed E-state index contributed by atoms with van der Waals surface area (Å²) in [5.41, 5.74) is 5.85. The summed E-state index contributed by atoms with van der Waals surface area (Å²) in [5.74, 6) is 0.146.